The topological polar surface area (TPSA) is 87.7 Å². The van der Waals surface area contributed by atoms with Crippen molar-refractivity contribution in [2.24, 2.45) is 0 Å². The van der Waals surface area contributed by atoms with Gasteiger partial charge in [0.25, 0.3) is 5.91 Å². The number of carbonyl (C=O) groups excluding carboxylic acids is 2. The van der Waals surface area contributed by atoms with E-state index < -0.39 is 18.7 Å². The van der Waals surface area contributed by atoms with Crippen molar-refractivity contribution in [2.45, 2.75) is 20.0 Å². The minimum absolute atomic E-state index is 0.322. The first-order valence-electron chi connectivity index (χ1n) is 7.51. The Morgan fingerprint density at radius 2 is 1.88 bits per heavy atom. The number of ether oxygens (including phenoxy) is 2. The molecule has 1 atom stereocenters. The SMILES string of the molecule is Cc1cc(Cl)ccc1O[C@@H](C)C(=O)Nc1ccc(OCC(=O)[O-])cc1. The second kappa shape index (κ2) is 8.39. The first kappa shape index (κ1) is 18.6. The third-order valence-electron chi connectivity index (χ3n) is 3.29. The molecule has 6 nitrogen and oxygen atoms in total. The molecule has 0 aliphatic heterocycles. The van der Waals surface area contributed by atoms with Gasteiger partial charge in [0.05, 0.1) is 5.97 Å². The number of carbonyl (C=O) groups is 2. The summed E-state index contributed by atoms with van der Waals surface area (Å²) < 4.78 is 10.6. The number of aliphatic carboxylic acids is 1. The summed E-state index contributed by atoms with van der Waals surface area (Å²) in [6.45, 7) is 2.95. The number of anilines is 1. The Labute approximate surface area is 150 Å². The quantitative estimate of drug-likeness (QED) is 0.815. The maximum Gasteiger partial charge on any atom is 0.265 e. The van der Waals surface area contributed by atoms with Crippen molar-refractivity contribution in [1.82, 2.24) is 0 Å². The summed E-state index contributed by atoms with van der Waals surface area (Å²) in [4.78, 5) is 22.6. The molecule has 0 spiro atoms. The van der Waals surface area contributed by atoms with Gasteiger partial charge in [-0.15, -0.1) is 0 Å². The van der Waals surface area contributed by atoms with E-state index in [1.165, 1.54) is 0 Å². The summed E-state index contributed by atoms with van der Waals surface area (Å²) >= 11 is 5.89. The monoisotopic (exact) mass is 362 g/mol. The zero-order valence-electron chi connectivity index (χ0n) is 13.7. The lowest BCUT2D eigenvalue weighted by atomic mass is 10.2. The Kier molecular flexibility index (Phi) is 6.25. The summed E-state index contributed by atoms with van der Waals surface area (Å²) in [6, 6.07) is 11.5. The van der Waals surface area contributed by atoms with E-state index in [-0.39, 0.29) is 5.91 Å². The lowest BCUT2D eigenvalue weighted by Crippen LogP contribution is -2.30. The van der Waals surface area contributed by atoms with Gasteiger partial charge in [-0.3, -0.25) is 4.79 Å². The van der Waals surface area contributed by atoms with Gasteiger partial charge in [-0.05, 0) is 61.9 Å². The molecule has 0 aliphatic rings. The van der Waals surface area contributed by atoms with E-state index in [0.717, 1.165) is 5.56 Å². The molecule has 0 radical (unpaired) electrons. The van der Waals surface area contributed by atoms with Crippen LogP contribution < -0.4 is 19.9 Å². The molecule has 2 aromatic rings. The summed E-state index contributed by atoms with van der Waals surface area (Å²) in [5.41, 5.74) is 1.37. The number of aryl methyl sites for hydroxylation is 1. The largest absolute Gasteiger partial charge is 0.546 e. The number of nitrogens with one attached hydrogen (secondary N) is 1. The first-order valence-corrected chi connectivity index (χ1v) is 7.89. The van der Waals surface area contributed by atoms with Gasteiger partial charge in [0, 0.05) is 10.7 Å². The van der Waals surface area contributed by atoms with Crippen molar-refractivity contribution in [1.29, 1.82) is 0 Å². The van der Waals surface area contributed by atoms with Crippen LogP contribution in [0.2, 0.25) is 5.02 Å². The fraction of sp³-hybridized carbons (Fsp3) is 0.222. The number of carboxylic acids is 1. The smallest absolute Gasteiger partial charge is 0.265 e. The van der Waals surface area contributed by atoms with Crippen LogP contribution in [0, 0.1) is 6.92 Å². The number of hydrogen-bond acceptors (Lipinski definition) is 5. The van der Waals surface area contributed by atoms with E-state index >= 15 is 0 Å². The molecular formula is C18H17ClNO5-. The highest BCUT2D eigenvalue weighted by molar-refractivity contribution is 6.30. The van der Waals surface area contributed by atoms with Crippen LogP contribution in [0.1, 0.15) is 12.5 Å². The average molecular weight is 363 g/mol. The van der Waals surface area contributed by atoms with Gasteiger partial charge in [0.1, 0.15) is 18.1 Å². The maximum atomic E-state index is 12.2. The summed E-state index contributed by atoms with van der Waals surface area (Å²) in [5, 5.41) is 13.6. The molecule has 0 fully saturated rings. The zero-order chi connectivity index (χ0) is 18.4. The van der Waals surface area contributed by atoms with Gasteiger partial charge < -0.3 is 24.7 Å². The molecule has 0 aliphatic carbocycles. The molecule has 2 aromatic carbocycles. The van der Waals surface area contributed by atoms with Crippen molar-refractivity contribution in [3.8, 4) is 11.5 Å². The third kappa shape index (κ3) is 5.69. The van der Waals surface area contributed by atoms with Crippen LogP contribution in [-0.4, -0.2) is 24.6 Å². The van der Waals surface area contributed by atoms with Crippen molar-refractivity contribution in [2.75, 3.05) is 11.9 Å². The zero-order valence-corrected chi connectivity index (χ0v) is 14.5. The molecule has 0 aromatic heterocycles. The van der Waals surface area contributed by atoms with Gasteiger partial charge in [0.15, 0.2) is 6.10 Å². The van der Waals surface area contributed by atoms with Crippen molar-refractivity contribution in [3.63, 3.8) is 0 Å². The molecule has 0 saturated carbocycles. The van der Waals surface area contributed by atoms with Gasteiger partial charge in [-0.2, -0.15) is 0 Å². The number of amides is 1. The number of rotatable bonds is 7. The number of carboxylic acid groups (broad SMARTS) is 1. The van der Waals surface area contributed by atoms with Crippen molar-refractivity contribution in [3.05, 3.63) is 53.1 Å². The van der Waals surface area contributed by atoms with Crippen LogP contribution in [0.3, 0.4) is 0 Å². The lowest BCUT2D eigenvalue weighted by Gasteiger charge is -2.16. The molecule has 2 rings (SSSR count). The van der Waals surface area contributed by atoms with E-state index in [4.69, 9.17) is 21.1 Å². The van der Waals surface area contributed by atoms with Crippen LogP contribution in [0.5, 0.6) is 11.5 Å². The maximum absolute atomic E-state index is 12.2. The Morgan fingerprint density at radius 1 is 1.20 bits per heavy atom. The van der Waals surface area contributed by atoms with Crippen LogP contribution in [0.25, 0.3) is 0 Å². The normalized spacial score (nSPS) is 11.5. The van der Waals surface area contributed by atoms with E-state index in [1.807, 2.05) is 6.92 Å². The molecular weight excluding hydrogens is 346 g/mol. The number of halogens is 1. The minimum Gasteiger partial charge on any atom is -0.546 e. The molecule has 132 valence electrons. The van der Waals surface area contributed by atoms with Crippen LogP contribution in [0.4, 0.5) is 5.69 Å². The minimum atomic E-state index is -1.30. The van der Waals surface area contributed by atoms with Gasteiger partial charge in [0.2, 0.25) is 0 Å². The summed E-state index contributed by atoms with van der Waals surface area (Å²) in [5.74, 6) is -0.681. The highest BCUT2D eigenvalue weighted by Gasteiger charge is 2.16. The predicted molar refractivity (Wildman–Crippen MR) is 91.9 cm³/mol. The Bertz CT molecular complexity index is 761. The van der Waals surface area contributed by atoms with Crippen molar-refractivity contribution >= 4 is 29.2 Å². The Balaban J connectivity index is 1.93. The van der Waals surface area contributed by atoms with E-state index in [0.29, 0.717) is 22.2 Å². The highest BCUT2D eigenvalue weighted by atomic mass is 35.5. The molecule has 1 N–H and O–H groups in total. The second-order valence-electron chi connectivity index (χ2n) is 5.34. The molecule has 1 amide bonds. The molecule has 0 saturated heterocycles. The Morgan fingerprint density at radius 3 is 2.48 bits per heavy atom. The molecule has 0 unspecified atom stereocenters. The fourth-order valence-corrected chi connectivity index (χ4v) is 2.24. The standard InChI is InChI=1S/C18H18ClNO5/c1-11-9-13(19)3-8-16(11)25-12(2)18(23)20-14-4-6-15(7-5-14)24-10-17(21)22/h3-9,12H,10H2,1-2H3,(H,20,23)(H,21,22)/p-1/t12-/m0/s1. The second-order valence-corrected chi connectivity index (χ2v) is 5.78. The predicted octanol–water partition coefficient (Wildman–Crippen LogP) is 2.18. The summed E-state index contributed by atoms with van der Waals surface area (Å²) in [6.07, 6.45) is -0.714. The lowest BCUT2D eigenvalue weighted by molar-refractivity contribution is -0.307. The van der Waals surface area contributed by atoms with Crippen LogP contribution in [0.15, 0.2) is 42.5 Å². The molecule has 25 heavy (non-hydrogen) atoms. The third-order valence-corrected chi connectivity index (χ3v) is 3.52. The molecule has 0 heterocycles. The molecule has 0 bridgehead atoms. The van der Waals surface area contributed by atoms with Crippen molar-refractivity contribution < 1.29 is 24.2 Å². The van der Waals surface area contributed by atoms with Crippen LogP contribution >= 0.6 is 11.6 Å². The van der Waals surface area contributed by atoms with Gasteiger partial charge >= 0.3 is 0 Å². The average Bonchev–Trinajstić information content (AvgIpc) is 2.56. The number of benzene rings is 2. The fourth-order valence-electron chi connectivity index (χ4n) is 2.01. The highest BCUT2D eigenvalue weighted by Crippen LogP contribution is 2.23. The van der Waals surface area contributed by atoms with Crippen LogP contribution in [-0.2, 0) is 9.59 Å². The summed E-state index contributed by atoms with van der Waals surface area (Å²) in [7, 11) is 0. The molecule has 7 heteroatoms. The number of hydrogen-bond donors (Lipinski definition) is 1. The Hall–Kier alpha value is -2.73. The first-order chi connectivity index (χ1) is 11.8. The van der Waals surface area contributed by atoms with E-state index in [9.17, 15) is 14.7 Å². The van der Waals surface area contributed by atoms with Gasteiger partial charge in [-0.25, -0.2) is 0 Å². The van der Waals surface area contributed by atoms with E-state index in [2.05, 4.69) is 5.32 Å². The van der Waals surface area contributed by atoms with Gasteiger partial charge in [-0.1, -0.05) is 11.6 Å². The van der Waals surface area contributed by atoms with E-state index in [1.54, 1.807) is 49.4 Å².